The minimum atomic E-state index is 0.326. The summed E-state index contributed by atoms with van der Waals surface area (Å²) in [6.07, 6.45) is 3.06. The molecule has 0 saturated carbocycles. The lowest BCUT2D eigenvalue weighted by atomic mass is 10.4. The van der Waals surface area contributed by atoms with Crippen molar-refractivity contribution in [3.8, 4) is 6.07 Å². The highest BCUT2D eigenvalue weighted by atomic mass is 35.5. The number of halogens is 1. The number of nitriles is 1. The molecule has 0 unspecified atom stereocenters. The Morgan fingerprint density at radius 2 is 2.06 bits per heavy atom. The van der Waals surface area contributed by atoms with Crippen LogP contribution in [0.2, 0.25) is 5.02 Å². The normalized spacial score (nSPS) is 9.75. The van der Waals surface area contributed by atoms with Crippen LogP contribution in [0.5, 0.6) is 0 Å². The Hall–Kier alpha value is -1.57. The van der Waals surface area contributed by atoms with Crippen molar-refractivity contribution in [3.63, 3.8) is 0 Å². The average Bonchev–Trinajstić information content (AvgIpc) is 2.30. The van der Waals surface area contributed by atoms with Gasteiger partial charge in [-0.1, -0.05) is 29.4 Å². The first-order valence-electron chi connectivity index (χ1n) is 4.44. The molecule has 0 aliphatic carbocycles. The van der Waals surface area contributed by atoms with Gasteiger partial charge in [-0.2, -0.15) is 5.26 Å². The standard InChI is InChI=1S/C11H6ClN3S/c12-8-2-1-3-9(6-8)16-11-10(7-13)14-4-5-15-11/h1-6H. The van der Waals surface area contributed by atoms with Gasteiger partial charge in [-0.15, -0.1) is 0 Å². The number of hydrogen-bond acceptors (Lipinski definition) is 4. The second kappa shape index (κ2) is 4.97. The molecule has 2 rings (SSSR count). The third-order valence-electron chi connectivity index (χ3n) is 1.78. The van der Waals surface area contributed by atoms with Crippen molar-refractivity contribution >= 4 is 23.4 Å². The largest absolute Gasteiger partial charge is 0.245 e. The van der Waals surface area contributed by atoms with Crippen LogP contribution in [0.25, 0.3) is 0 Å². The van der Waals surface area contributed by atoms with Gasteiger partial charge in [0, 0.05) is 22.3 Å². The summed E-state index contributed by atoms with van der Waals surface area (Å²) < 4.78 is 0. The van der Waals surface area contributed by atoms with E-state index >= 15 is 0 Å². The molecule has 3 nitrogen and oxygen atoms in total. The minimum Gasteiger partial charge on any atom is -0.245 e. The van der Waals surface area contributed by atoms with E-state index in [0.29, 0.717) is 15.7 Å². The van der Waals surface area contributed by atoms with E-state index in [1.165, 1.54) is 18.0 Å². The molecule has 0 spiro atoms. The topological polar surface area (TPSA) is 49.6 Å². The van der Waals surface area contributed by atoms with Crippen LogP contribution < -0.4 is 0 Å². The van der Waals surface area contributed by atoms with Crippen molar-refractivity contribution in [2.75, 3.05) is 0 Å². The fourth-order valence-corrected chi connectivity index (χ4v) is 2.24. The van der Waals surface area contributed by atoms with Crippen LogP contribution in [-0.4, -0.2) is 9.97 Å². The summed E-state index contributed by atoms with van der Waals surface area (Å²) in [5.41, 5.74) is 0.326. The first kappa shape index (κ1) is 10.9. The maximum absolute atomic E-state index is 8.86. The third kappa shape index (κ3) is 2.51. The fraction of sp³-hybridized carbons (Fsp3) is 0. The zero-order chi connectivity index (χ0) is 11.4. The number of nitrogens with zero attached hydrogens (tertiary/aromatic N) is 3. The highest BCUT2D eigenvalue weighted by molar-refractivity contribution is 7.99. The number of benzene rings is 1. The molecule has 0 aliphatic heterocycles. The molecule has 0 saturated heterocycles. The molecule has 1 aromatic heterocycles. The van der Waals surface area contributed by atoms with Crippen LogP contribution in [0, 0.1) is 11.3 Å². The first-order chi connectivity index (χ1) is 7.79. The molecule has 0 N–H and O–H groups in total. The molecule has 16 heavy (non-hydrogen) atoms. The van der Waals surface area contributed by atoms with Crippen molar-refractivity contribution in [2.45, 2.75) is 9.92 Å². The maximum atomic E-state index is 8.86. The number of hydrogen-bond donors (Lipinski definition) is 0. The van der Waals surface area contributed by atoms with Gasteiger partial charge in [0.05, 0.1) is 0 Å². The highest BCUT2D eigenvalue weighted by Crippen LogP contribution is 2.28. The quantitative estimate of drug-likeness (QED) is 0.818. The summed E-state index contributed by atoms with van der Waals surface area (Å²) >= 11 is 7.24. The predicted molar refractivity (Wildman–Crippen MR) is 62.3 cm³/mol. The molecule has 5 heteroatoms. The smallest absolute Gasteiger partial charge is 0.173 e. The van der Waals surface area contributed by atoms with E-state index in [9.17, 15) is 0 Å². The van der Waals surface area contributed by atoms with Gasteiger partial charge in [-0.3, -0.25) is 0 Å². The molecule has 0 radical (unpaired) electrons. The van der Waals surface area contributed by atoms with Crippen LogP contribution in [-0.2, 0) is 0 Å². The van der Waals surface area contributed by atoms with E-state index in [4.69, 9.17) is 16.9 Å². The van der Waals surface area contributed by atoms with E-state index < -0.39 is 0 Å². The Labute approximate surface area is 102 Å². The SMILES string of the molecule is N#Cc1nccnc1Sc1cccc(Cl)c1. The summed E-state index contributed by atoms with van der Waals surface area (Å²) in [5.74, 6) is 0. The Balaban J connectivity index is 2.31. The third-order valence-corrected chi connectivity index (χ3v) is 3.00. The van der Waals surface area contributed by atoms with E-state index in [-0.39, 0.29) is 0 Å². The summed E-state index contributed by atoms with van der Waals surface area (Å²) in [6.45, 7) is 0. The van der Waals surface area contributed by atoms with Crippen LogP contribution in [0.1, 0.15) is 5.69 Å². The zero-order valence-corrected chi connectivity index (χ0v) is 9.66. The fourth-order valence-electron chi connectivity index (χ4n) is 1.12. The number of rotatable bonds is 2. The first-order valence-corrected chi connectivity index (χ1v) is 5.63. The van der Waals surface area contributed by atoms with Crippen LogP contribution in [0.15, 0.2) is 46.6 Å². The zero-order valence-electron chi connectivity index (χ0n) is 8.09. The summed E-state index contributed by atoms with van der Waals surface area (Å²) in [6, 6.07) is 9.39. The van der Waals surface area contributed by atoms with Crippen LogP contribution >= 0.6 is 23.4 Å². The summed E-state index contributed by atoms with van der Waals surface area (Å²) in [7, 11) is 0. The van der Waals surface area contributed by atoms with Crippen molar-refractivity contribution in [3.05, 3.63) is 47.4 Å². The molecule has 0 amide bonds. The van der Waals surface area contributed by atoms with Crippen molar-refractivity contribution < 1.29 is 0 Å². The van der Waals surface area contributed by atoms with Gasteiger partial charge in [0.15, 0.2) is 5.69 Å². The van der Waals surface area contributed by atoms with E-state index in [0.717, 1.165) is 4.90 Å². The van der Waals surface area contributed by atoms with Gasteiger partial charge in [-0.05, 0) is 18.2 Å². The second-order valence-electron chi connectivity index (χ2n) is 2.88. The Morgan fingerprint density at radius 3 is 2.81 bits per heavy atom. The van der Waals surface area contributed by atoms with Gasteiger partial charge in [0.1, 0.15) is 11.1 Å². The van der Waals surface area contributed by atoms with Gasteiger partial charge in [0.25, 0.3) is 0 Å². The molecular weight excluding hydrogens is 242 g/mol. The monoisotopic (exact) mass is 247 g/mol. The van der Waals surface area contributed by atoms with Crippen molar-refractivity contribution in [1.29, 1.82) is 5.26 Å². The predicted octanol–water partition coefficient (Wildman–Crippen LogP) is 3.15. The van der Waals surface area contributed by atoms with Crippen molar-refractivity contribution in [1.82, 2.24) is 9.97 Å². The Morgan fingerprint density at radius 1 is 1.25 bits per heavy atom. The molecule has 1 aromatic carbocycles. The molecule has 0 fully saturated rings. The molecule has 1 heterocycles. The average molecular weight is 248 g/mol. The lowest BCUT2D eigenvalue weighted by molar-refractivity contribution is 1.02. The Kier molecular flexibility index (Phi) is 3.40. The molecular formula is C11H6ClN3S. The van der Waals surface area contributed by atoms with Gasteiger partial charge < -0.3 is 0 Å². The van der Waals surface area contributed by atoms with Crippen LogP contribution in [0.4, 0.5) is 0 Å². The highest BCUT2D eigenvalue weighted by Gasteiger charge is 2.06. The van der Waals surface area contributed by atoms with Crippen LogP contribution in [0.3, 0.4) is 0 Å². The van der Waals surface area contributed by atoms with Gasteiger partial charge in [-0.25, -0.2) is 9.97 Å². The van der Waals surface area contributed by atoms with Gasteiger partial charge in [0.2, 0.25) is 0 Å². The van der Waals surface area contributed by atoms with Crippen molar-refractivity contribution in [2.24, 2.45) is 0 Å². The summed E-state index contributed by atoms with van der Waals surface area (Å²) in [5, 5.41) is 10.1. The lowest BCUT2D eigenvalue weighted by Gasteiger charge is -2.01. The summed E-state index contributed by atoms with van der Waals surface area (Å²) in [4.78, 5) is 8.98. The lowest BCUT2D eigenvalue weighted by Crippen LogP contribution is -1.89. The Bertz CT molecular complexity index is 551. The molecule has 78 valence electrons. The maximum Gasteiger partial charge on any atom is 0.173 e. The molecule has 0 aliphatic rings. The molecule has 2 aromatic rings. The van der Waals surface area contributed by atoms with Gasteiger partial charge >= 0.3 is 0 Å². The van der Waals surface area contributed by atoms with E-state index in [1.807, 2.05) is 24.3 Å². The second-order valence-corrected chi connectivity index (χ2v) is 4.38. The van der Waals surface area contributed by atoms with E-state index in [2.05, 4.69) is 9.97 Å². The minimum absolute atomic E-state index is 0.326. The molecule has 0 atom stereocenters. The number of aromatic nitrogens is 2. The van der Waals surface area contributed by atoms with E-state index in [1.54, 1.807) is 12.3 Å². The molecule has 0 bridgehead atoms.